The standard InChI is InChI=1S/C16H27NO3/c1-12(2)11-17(8-9-19-4)13(3)14-6-7-15(18)16(10-14)20-5/h6-7,10,12-13,18H,8-9,11H2,1-5H3. The average molecular weight is 281 g/mol. The quantitative estimate of drug-likeness (QED) is 0.795. The predicted molar refractivity (Wildman–Crippen MR) is 81.4 cm³/mol. The molecule has 4 nitrogen and oxygen atoms in total. The lowest BCUT2D eigenvalue weighted by molar-refractivity contribution is 0.115. The molecule has 1 N–H and O–H groups in total. The van der Waals surface area contributed by atoms with Gasteiger partial charge in [0.05, 0.1) is 13.7 Å². The van der Waals surface area contributed by atoms with Crippen molar-refractivity contribution < 1.29 is 14.6 Å². The lowest BCUT2D eigenvalue weighted by Crippen LogP contribution is -2.33. The second-order valence-corrected chi connectivity index (χ2v) is 5.49. The normalized spacial score (nSPS) is 12.9. The van der Waals surface area contributed by atoms with Crippen LogP contribution in [0, 0.1) is 5.92 Å². The van der Waals surface area contributed by atoms with Crippen LogP contribution in [-0.4, -0.2) is 43.9 Å². The number of aromatic hydroxyl groups is 1. The molecule has 114 valence electrons. The Hall–Kier alpha value is -1.26. The number of hydrogen-bond acceptors (Lipinski definition) is 4. The summed E-state index contributed by atoms with van der Waals surface area (Å²) in [5, 5.41) is 9.68. The molecule has 20 heavy (non-hydrogen) atoms. The molecule has 1 rings (SSSR count). The van der Waals surface area contributed by atoms with Gasteiger partial charge in [-0.2, -0.15) is 0 Å². The molecule has 0 bridgehead atoms. The zero-order valence-corrected chi connectivity index (χ0v) is 13.2. The van der Waals surface area contributed by atoms with Gasteiger partial charge in [0.15, 0.2) is 11.5 Å². The van der Waals surface area contributed by atoms with Crippen molar-refractivity contribution in [3.8, 4) is 11.5 Å². The van der Waals surface area contributed by atoms with Gasteiger partial charge in [0.25, 0.3) is 0 Å². The molecule has 0 saturated carbocycles. The van der Waals surface area contributed by atoms with Crippen LogP contribution in [0.25, 0.3) is 0 Å². The van der Waals surface area contributed by atoms with E-state index in [-0.39, 0.29) is 11.8 Å². The molecule has 0 amide bonds. The molecule has 0 aliphatic heterocycles. The number of benzene rings is 1. The van der Waals surface area contributed by atoms with E-state index in [1.165, 1.54) is 0 Å². The summed E-state index contributed by atoms with van der Waals surface area (Å²) in [5.74, 6) is 1.29. The Balaban J connectivity index is 2.89. The Morgan fingerprint density at radius 2 is 1.90 bits per heavy atom. The van der Waals surface area contributed by atoms with E-state index in [1.807, 2.05) is 12.1 Å². The first kappa shape index (κ1) is 16.8. The molecule has 0 heterocycles. The summed E-state index contributed by atoms with van der Waals surface area (Å²) in [6, 6.07) is 5.79. The molecule has 1 aromatic rings. The van der Waals surface area contributed by atoms with E-state index in [2.05, 4.69) is 25.7 Å². The lowest BCUT2D eigenvalue weighted by atomic mass is 10.0. The molecule has 0 fully saturated rings. The van der Waals surface area contributed by atoms with E-state index >= 15 is 0 Å². The summed E-state index contributed by atoms with van der Waals surface area (Å²) in [7, 11) is 3.29. The maximum absolute atomic E-state index is 9.68. The predicted octanol–water partition coefficient (Wildman–Crippen LogP) is 3.07. The van der Waals surface area contributed by atoms with Gasteiger partial charge in [-0.25, -0.2) is 0 Å². The first-order valence-corrected chi connectivity index (χ1v) is 7.09. The van der Waals surface area contributed by atoms with E-state index in [1.54, 1.807) is 20.3 Å². The number of ether oxygens (including phenoxy) is 2. The molecule has 0 saturated heterocycles. The summed E-state index contributed by atoms with van der Waals surface area (Å²) in [4.78, 5) is 2.39. The highest BCUT2D eigenvalue weighted by atomic mass is 16.5. The van der Waals surface area contributed by atoms with Crippen LogP contribution in [0.1, 0.15) is 32.4 Å². The van der Waals surface area contributed by atoms with Gasteiger partial charge in [0.1, 0.15) is 0 Å². The molecule has 0 aliphatic rings. The highest BCUT2D eigenvalue weighted by molar-refractivity contribution is 5.42. The highest BCUT2D eigenvalue weighted by Gasteiger charge is 2.18. The van der Waals surface area contributed by atoms with Crippen LogP contribution in [0.3, 0.4) is 0 Å². The fraction of sp³-hybridized carbons (Fsp3) is 0.625. The van der Waals surface area contributed by atoms with Crippen molar-refractivity contribution >= 4 is 0 Å². The maximum Gasteiger partial charge on any atom is 0.160 e. The largest absolute Gasteiger partial charge is 0.504 e. The topological polar surface area (TPSA) is 41.9 Å². The minimum atomic E-state index is 0.177. The fourth-order valence-corrected chi connectivity index (χ4v) is 2.29. The molecular formula is C16H27NO3. The first-order valence-electron chi connectivity index (χ1n) is 7.09. The maximum atomic E-state index is 9.68. The fourth-order valence-electron chi connectivity index (χ4n) is 2.29. The minimum Gasteiger partial charge on any atom is -0.504 e. The minimum absolute atomic E-state index is 0.177. The summed E-state index contributed by atoms with van der Waals surface area (Å²) in [6.07, 6.45) is 0. The molecule has 1 atom stereocenters. The lowest BCUT2D eigenvalue weighted by Gasteiger charge is -2.31. The number of phenolic OH excluding ortho intramolecular Hbond substituents is 1. The van der Waals surface area contributed by atoms with Crippen molar-refractivity contribution in [2.45, 2.75) is 26.8 Å². The Labute approximate surface area is 122 Å². The van der Waals surface area contributed by atoms with Gasteiger partial charge in [0.2, 0.25) is 0 Å². The second-order valence-electron chi connectivity index (χ2n) is 5.49. The van der Waals surface area contributed by atoms with Crippen molar-refractivity contribution in [2.24, 2.45) is 5.92 Å². The van der Waals surface area contributed by atoms with Gasteiger partial charge in [-0.3, -0.25) is 4.90 Å². The zero-order valence-electron chi connectivity index (χ0n) is 13.2. The van der Waals surface area contributed by atoms with Crippen molar-refractivity contribution in [2.75, 3.05) is 33.9 Å². The van der Waals surface area contributed by atoms with Gasteiger partial charge in [-0.05, 0) is 30.5 Å². The molecular weight excluding hydrogens is 254 g/mol. The van der Waals surface area contributed by atoms with Crippen LogP contribution < -0.4 is 4.74 Å². The van der Waals surface area contributed by atoms with E-state index < -0.39 is 0 Å². The molecule has 0 aliphatic carbocycles. The van der Waals surface area contributed by atoms with Crippen molar-refractivity contribution in [1.82, 2.24) is 4.90 Å². The average Bonchev–Trinajstić information content (AvgIpc) is 2.42. The van der Waals surface area contributed by atoms with Crippen molar-refractivity contribution in [3.05, 3.63) is 23.8 Å². The van der Waals surface area contributed by atoms with Crippen LogP contribution in [0.5, 0.6) is 11.5 Å². The Morgan fingerprint density at radius 1 is 1.20 bits per heavy atom. The van der Waals surface area contributed by atoms with Gasteiger partial charge < -0.3 is 14.6 Å². The third kappa shape index (κ3) is 4.69. The molecule has 1 unspecified atom stereocenters. The Bertz CT molecular complexity index is 407. The monoisotopic (exact) mass is 281 g/mol. The van der Waals surface area contributed by atoms with E-state index in [0.717, 1.165) is 18.7 Å². The highest BCUT2D eigenvalue weighted by Crippen LogP contribution is 2.31. The smallest absolute Gasteiger partial charge is 0.160 e. The zero-order chi connectivity index (χ0) is 15.1. The third-order valence-electron chi connectivity index (χ3n) is 3.42. The molecule has 1 aromatic carbocycles. The van der Waals surface area contributed by atoms with Crippen LogP contribution in [0.15, 0.2) is 18.2 Å². The van der Waals surface area contributed by atoms with Gasteiger partial charge in [-0.1, -0.05) is 19.9 Å². The Morgan fingerprint density at radius 3 is 2.45 bits per heavy atom. The third-order valence-corrected chi connectivity index (χ3v) is 3.42. The number of methoxy groups -OCH3 is 2. The van der Waals surface area contributed by atoms with E-state index in [9.17, 15) is 5.11 Å². The summed E-state index contributed by atoms with van der Waals surface area (Å²) >= 11 is 0. The summed E-state index contributed by atoms with van der Waals surface area (Å²) in [5.41, 5.74) is 1.14. The van der Waals surface area contributed by atoms with Crippen LogP contribution in [-0.2, 0) is 4.74 Å². The van der Waals surface area contributed by atoms with Crippen LogP contribution in [0.2, 0.25) is 0 Å². The van der Waals surface area contributed by atoms with Crippen LogP contribution in [0.4, 0.5) is 0 Å². The number of rotatable bonds is 8. The van der Waals surface area contributed by atoms with E-state index in [4.69, 9.17) is 9.47 Å². The van der Waals surface area contributed by atoms with Crippen LogP contribution >= 0.6 is 0 Å². The molecule has 4 heteroatoms. The Kier molecular flexibility index (Phi) is 6.82. The van der Waals surface area contributed by atoms with Gasteiger partial charge >= 0.3 is 0 Å². The summed E-state index contributed by atoms with van der Waals surface area (Å²) < 4.78 is 10.4. The van der Waals surface area contributed by atoms with Crippen molar-refractivity contribution in [3.63, 3.8) is 0 Å². The SMILES string of the molecule is COCCN(CC(C)C)C(C)c1ccc(O)c(OC)c1. The molecule has 0 aromatic heterocycles. The van der Waals surface area contributed by atoms with Crippen molar-refractivity contribution in [1.29, 1.82) is 0 Å². The number of nitrogens with zero attached hydrogens (tertiary/aromatic N) is 1. The van der Waals surface area contributed by atoms with E-state index in [0.29, 0.717) is 18.3 Å². The number of hydrogen-bond donors (Lipinski definition) is 1. The summed E-state index contributed by atoms with van der Waals surface area (Å²) in [6.45, 7) is 9.21. The van der Waals surface area contributed by atoms with Gasteiger partial charge in [-0.15, -0.1) is 0 Å². The molecule has 0 radical (unpaired) electrons. The first-order chi connectivity index (χ1) is 9.49. The second kappa shape index (κ2) is 8.12. The molecule has 0 spiro atoms. The number of phenols is 1. The van der Waals surface area contributed by atoms with Gasteiger partial charge in [0, 0.05) is 26.2 Å².